The van der Waals surface area contributed by atoms with Crippen LogP contribution in [0.5, 0.6) is 0 Å². The molecule has 0 saturated carbocycles. The molecular formula is C15H27NO3. The van der Waals surface area contributed by atoms with E-state index in [1.165, 1.54) is 6.42 Å². The molecule has 0 aliphatic rings. The van der Waals surface area contributed by atoms with Crippen LogP contribution in [0.2, 0.25) is 0 Å². The van der Waals surface area contributed by atoms with Crippen LogP contribution in [0.4, 0.5) is 0 Å². The van der Waals surface area contributed by atoms with Crippen molar-refractivity contribution in [3.8, 4) is 0 Å². The molecule has 0 radical (unpaired) electrons. The summed E-state index contributed by atoms with van der Waals surface area (Å²) in [7, 11) is 0. The zero-order chi connectivity index (χ0) is 13.8. The lowest BCUT2D eigenvalue weighted by Crippen LogP contribution is -2.13. The Morgan fingerprint density at radius 3 is 2.58 bits per heavy atom. The predicted molar refractivity (Wildman–Crippen MR) is 76.1 cm³/mol. The number of rotatable bonds is 12. The Morgan fingerprint density at radius 1 is 1.00 bits per heavy atom. The summed E-state index contributed by atoms with van der Waals surface area (Å²) in [6, 6.07) is 3.97. The van der Waals surface area contributed by atoms with Gasteiger partial charge in [0.1, 0.15) is 18.1 Å². The van der Waals surface area contributed by atoms with Crippen LogP contribution in [0, 0.1) is 0 Å². The Labute approximate surface area is 116 Å². The van der Waals surface area contributed by atoms with Gasteiger partial charge in [-0.1, -0.05) is 20.3 Å². The van der Waals surface area contributed by atoms with E-state index >= 15 is 0 Å². The number of hydrogen-bond donors (Lipinski definition) is 1. The third-order valence-electron chi connectivity index (χ3n) is 2.70. The lowest BCUT2D eigenvalue weighted by molar-refractivity contribution is 0.0336. The Kier molecular flexibility index (Phi) is 9.41. The van der Waals surface area contributed by atoms with E-state index in [-0.39, 0.29) is 0 Å². The zero-order valence-corrected chi connectivity index (χ0v) is 12.2. The highest BCUT2D eigenvalue weighted by Gasteiger charge is 2.01. The second-order valence-electron chi connectivity index (χ2n) is 4.56. The van der Waals surface area contributed by atoms with Crippen molar-refractivity contribution >= 4 is 0 Å². The summed E-state index contributed by atoms with van der Waals surface area (Å²) in [5.41, 5.74) is 0. The highest BCUT2D eigenvalue weighted by molar-refractivity contribution is 5.06. The highest BCUT2D eigenvalue weighted by Crippen LogP contribution is 2.08. The van der Waals surface area contributed by atoms with E-state index in [9.17, 15) is 0 Å². The van der Waals surface area contributed by atoms with E-state index in [1.54, 1.807) is 0 Å². The van der Waals surface area contributed by atoms with Gasteiger partial charge in [-0.2, -0.15) is 0 Å². The monoisotopic (exact) mass is 269 g/mol. The van der Waals surface area contributed by atoms with E-state index in [2.05, 4.69) is 19.2 Å². The van der Waals surface area contributed by atoms with Gasteiger partial charge in [0.2, 0.25) is 0 Å². The van der Waals surface area contributed by atoms with Gasteiger partial charge in [0.05, 0.1) is 19.8 Å². The van der Waals surface area contributed by atoms with Crippen molar-refractivity contribution < 1.29 is 13.9 Å². The Bertz CT molecular complexity index is 312. The molecule has 0 aliphatic heterocycles. The van der Waals surface area contributed by atoms with E-state index in [0.29, 0.717) is 19.8 Å². The van der Waals surface area contributed by atoms with Crippen molar-refractivity contribution in [1.82, 2.24) is 5.32 Å². The molecule has 0 bridgehead atoms. The SMILES string of the molecule is CCCCOCCOCc1ccc(CNCCC)o1. The summed E-state index contributed by atoms with van der Waals surface area (Å²) in [5, 5.41) is 3.31. The maximum absolute atomic E-state index is 5.65. The molecule has 110 valence electrons. The molecule has 0 spiro atoms. The minimum absolute atomic E-state index is 0.519. The molecule has 1 aromatic rings. The van der Waals surface area contributed by atoms with Gasteiger partial charge in [0.15, 0.2) is 0 Å². The predicted octanol–water partition coefficient (Wildman–Crippen LogP) is 3.11. The summed E-state index contributed by atoms with van der Waals surface area (Å²) >= 11 is 0. The van der Waals surface area contributed by atoms with Crippen LogP contribution in [0.25, 0.3) is 0 Å². The molecule has 4 heteroatoms. The van der Waals surface area contributed by atoms with E-state index < -0.39 is 0 Å². The lowest BCUT2D eigenvalue weighted by Gasteiger charge is -2.04. The molecule has 0 unspecified atom stereocenters. The van der Waals surface area contributed by atoms with Crippen molar-refractivity contribution in [3.05, 3.63) is 23.7 Å². The van der Waals surface area contributed by atoms with Crippen LogP contribution in [0.1, 0.15) is 44.6 Å². The van der Waals surface area contributed by atoms with Gasteiger partial charge >= 0.3 is 0 Å². The molecule has 1 heterocycles. The third-order valence-corrected chi connectivity index (χ3v) is 2.70. The van der Waals surface area contributed by atoms with Crippen molar-refractivity contribution in [2.45, 2.75) is 46.3 Å². The van der Waals surface area contributed by atoms with Crippen LogP contribution >= 0.6 is 0 Å². The second-order valence-corrected chi connectivity index (χ2v) is 4.56. The fourth-order valence-corrected chi connectivity index (χ4v) is 1.62. The molecule has 19 heavy (non-hydrogen) atoms. The van der Waals surface area contributed by atoms with Crippen LogP contribution in [0.15, 0.2) is 16.5 Å². The number of hydrogen-bond acceptors (Lipinski definition) is 4. The Hall–Kier alpha value is -0.840. The number of unbranched alkanes of at least 4 members (excludes halogenated alkanes) is 1. The first kappa shape index (κ1) is 16.2. The molecule has 1 rings (SSSR count). The second kappa shape index (κ2) is 11.0. The molecule has 1 aromatic heterocycles. The average molecular weight is 269 g/mol. The van der Waals surface area contributed by atoms with Gasteiger partial charge in [-0.25, -0.2) is 0 Å². The van der Waals surface area contributed by atoms with Crippen LogP contribution in [-0.2, 0) is 22.6 Å². The fourth-order valence-electron chi connectivity index (χ4n) is 1.62. The van der Waals surface area contributed by atoms with Gasteiger partial charge < -0.3 is 19.2 Å². The Balaban J connectivity index is 2.03. The largest absolute Gasteiger partial charge is 0.462 e. The summed E-state index contributed by atoms with van der Waals surface area (Å²) in [4.78, 5) is 0. The van der Waals surface area contributed by atoms with Crippen LogP contribution in [0.3, 0.4) is 0 Å². The van der Waals surface area contributed by atoms with Crippen LogP contribution < -0.4 is 5.32 Å². The van der Waals surface area contributed by atoms with Gasteiger partial charge in [-0.3, -0.25) is 0 Å². The first-order valence-corrected chi connectivity index (χ1v) is 7.30. The lowest BCUT2D eigenvalue weighted by atomic mass is 10.4. The van der Waals surface area contributed by atoms with Crippen molar-refractivity contribution in [2.75, 3.05) is 26.4 Å². The molecule has 4 nitrogen and oxygen atoms in total. The van der Waals surface area contributed by atoms with Crippen molar-refractivity contribution in [2.24, 2.45) is 0 Å². The summed E-state index contributed by atoms with van der Waals surface area (Å²) < 4.78 is 16.6. The summed E-state index contributed by atoms with van der Waals surface area (Å²) in [6.45, 7) is 8.73. The molecule has 1 N–H and O–H groups in total. The summed E-state index contributed by atoms with van der Waals surface area (Å²) in [6.07, 6.45) is 3.42. The molecule has 0 fully saturated rings. The Morgan fingerprint density at radius 2 is 1.79 bits per heavy atom. The highest BCUT2D eigenvalue weighted by atomic mass is 16.5. The normalized spacial score (nSPS) is 11.1. The maximum Gasteiger partial charge on any atom is 0.129 e. The van der Waals surface area contributed by atoms with Gasteiger partial charge in [-0.05, 0) is 31.5 Å². The number of ether oxygens (including phenoxy) is 2. The first-order valence-electron chi connectivity index (χ1n) is 7.30. The van der Waals surface area contributed by atoms with Gasteiger partial charge in [0, 0.05) is 6.61 Å². The number of furan rings is 1. The molecule has 0 aliphatic carbocycles. The van der Waals surface area contributed by atoms with Crippen molar-refractivity contribution in [3.63, 3.8) is 0 Å². The van der Waals surface area contributed by atoms with Crippen LogP contribution in [-0.4, -0.2) is 26.4 Å². The third kappa shape index (κ3) is 8.03. The fraction of sp³-hybridized carbons (Fsp3) is 0.733. The number of nitrogens with one attached hydrogen (secondary N) is 1. The maximum atomic E-state index is 5.65. The average Bonchev–Trinajstić information content (AvgIpc) is 2.86. The van der Waals surface area contributed by atoms with E-state index in [1.807, 2.05) is 12.1 Å². The minimum Gasteiger partial charge on any atom is -0.462 e. The molecular weight excluding hydrogens is 242 g/mol. The molecule has 0 saturated heterocycles. The first-order chi connectivity index (χ1) is 9.36. The standard InChI is InChI=1S/C15H27NO3/c1-3-5-9-17-10-11-18-13-15-7-6-14(19-15)12-16-8-4-2/h6-7,16H,3-5,8-13H2,1-2H3. The summed E-state index contributed by atoms with van der Waals surface area (Å²) in [5.74, 6) is 1.84. The van der Waals surface area contributed by atoms with E-state index in [0.717, 1.165) is 44.1 Å². The molecule has 0 amide bonds. The molecule has 0 atom stereocenters. The smallest absolute Gasteiger partial charge is 0.129 e. The quantitative estimate of drug-likeness (QED) is 0.592. The van der Waals surface area contributed by atoms with Crippen molar-refractivity contribution in [1.29, 1.82) is 0 Å². The van der Waals surface area contributed by atoms with E-state index in [4.69, 9.17) is 13.9 Å². The zero-order valence-electron chi connectivity index (χ0n) is 12.2. The molecule has 0 aromatic carbocycles. The van der Waals surface area contributed by atoms with Gasteiger partial charge in [0.25, 0.3) is 0 Å². The van der Waals surface area contributed by atoms with Gasteiger partial charge in [-0.15, -0.1) is 0 Å². The topological polar surface area (TPSA) is 43.6 Å². The minimum atomic E-state index is 0.519.